The SMILES string of the molecule is Cc1cc(C(=O)NC2CCC3(CC2)CCN(C(=O)C2CC2c2ccc(F)c(F)c2)CC3)cc(C)c1C(=O)O. The average Bonchev–Trinajstić information content (AvgIpc) is 3.68. The molecule has 2 aromatic rings. The van der Waals surface area contributed by atoms with Crippen LogP contribution in [-0.2, 0) is 4.79 Å². The lowest BCUT2D eigenvalue weighted by molar-refractivity contribution is -0.135. The van der Waals surface area contributed by atoms with E-state index in [9.17, 15) is 28.3 Å². The second kappa shape index (κ2) is 10.1. The van der Waals surface area contributed by atoms with Crippen LogP contribution >= 0.6 is 0 Å². The minimum atomic E-state index is -0.988. The third-order valence-electron chi connectivity index (χ3n) is 9.01. The summed E-state index contributed by atoms with van der Waals surface area (Å²) in [4.78, 5) is 39.3. The molecule has 38 heavy (non-hydrogen) atoms. The molecule has 1 heterocycles. The maximum absolute atomic E-state index is 13.6. The molecule has 2 aliphatic carbocycles. The van der Waals surface area contributed by atoms with E-state index in [1.54, 1.807) is 32.0 Å². The fraction of sp³-hybridized carbons (Fsp3) is 0.500. The van der Waals surface area contributed by atoms with E-state index in [4.69, 9.17) is 0 Å². The normalized spacial score (nSPS) is 22.8. The van der Waals surface area contributed by atoms with Gasteiger partial charge in [0.2, 0.25) is 5.91 Å². The fourth-order valence-corrected chi connectivity index (χ4v) is 6.59. The maximum atomic E-state index is 13.6. The molecule has 2 aromatic carbocycles. The van der Waals surface area contributed by atoms with Gasteiger partial charge in [-0.3, -0.25) is 9.59 Å². The Bertz CT molecular complexity index is 1250. The summed E-state index contributed by atoms with van der Waals surface area (Å²) in [6.45, 7) is 4.85. The van der Waals surface area contributed by atoms with Crippen molar-refractivity contribution in [3.05, 3.63) is 69.8 Å². The van der Waals surface area contributed by atoms with E-state index in [2.05, 4.69) is 5.32 Å². The number of piperidine rings is 1. The molecular formula is C30H34F2N2O4. The summed E-state index contributed by atoms with van der Waals surface area (Å²) in [7, 11) is 0. The Balaban J connectivity index is 1.10. The molecule has 2 N–H and O–H groups in total. The number of carbonyl (C=O) groups excluding carboxylic acids is 2. The summed E-state index contributed by atoms with van der Waals surface area (Å²) >= 11 is 0. The molecule has 5 rings (SSSR count). The number of aryl methyl sites for hydroxylation is 2. The first-order valence-corrected chi connectivity index (χ1v) is 13.5. The number of carboxylic acid groups (broad SMARTS) is 1. The number of amides is 2. The zero-order valence-electron chi connectivity index (χ0n) is 21.9. The number of halogens is 2. The summed E-state index contributed by atoms with van der Waals surface area (Å²) in [5, 5.41) is 12.5. The van der Waals surface area contributed by atoms with E-state index < -0.39 is 17.6 Å². The van der Waals surface area contributed by atoms with Gasteiger partial charge in [-0.15, -0.1) is 0 Å². The van der Waals surface area contributed by atoms with Crippen molar-refractivity contribution in [3.8, 4) is 0 Å². The highest BCUT2D eigenvalue weighted by Gasteiger charge is 2.48. The molecule has 0 bridgehead atoms. The van der Waals surface area contributed by atoms with Crippen molar-refractivity contribution < 1.29 is 28.3 Å². The van der Waals surface area contributed by atoms with Crippen molar-refractivity contribution in [1.82, 2.24) is 10.2 Å². The van der Waals surface area contributed by atoms with E-state index in [1.807, 2.05) is 4.90 Å². The second-order valence-corrected chi connectivity index (χ2v) is 11.5. The Labute approximate surface area is 221 Å². The van der Waals surface area contributed by atoms with E-state index >= 15 is 0 Å². The van der Waals surface area contributed by atoms with Crippen molar-refractivity contribution in [1.29, 1.82) is 0 Å². The van der Waals surface area contributed by atoms with Crippen molar-refractivity contribution in [2.75, 3.05) is 13.1 Å². The Morgan fingerprint density at radius 3 is 2.16 bits per heavy atom. The predicted octanol–water partition coefficient (Wildman–Crippen LogP) is 5.36. The molecule has 2 amide bonds. The largest absolute Gasteiger partial charge is 0.478 e. The number of likely N-dealkylation sites (tertiary alicyclic amines) is 1. The number of hydrogen-bond donors (Lipinski definition) is 2. The van der Waals surface area contributed by atoms with E-state index in [-0.39, 0.29) is 40.7 Å². The zero-order chi connectivity index (χ0) is 27.2. The first-order valence-electron chi connectivity index (χ1n) is 13.5. The summed E-state index contributed by atoms with van der Waals surface area (Å²) in [5.74, 6) is -2.94. The average molecular weight is 525 g/mol. The van der Waals surface area contributed by atoms with Crippen molar-refractivity contribution in [2.24, 2.45) is 11.3 Å². The molecule has 0 aromatic heterocycles. The number of nitrogens with one attached hydrogen (secondary N) is 1. The molecule has 202 valence electrons. The Hall–Kier alpha value is -3.29. The van der Waals surface area contributed by atoms with Crippen molar-refractivity contribution in [2.45, 2.75) is 70.8 Å². The molecule has 1 spiro atoms. The molecule has 1 aliphatic heterocycles. The Kier molecular flexibility index (Phi) is 7.01. The van der Waals surface area contributed by atoms with Crippen molar-refractivity contribution >= 4 is 17.8 Å². The summed E-state index contributed by atoms with van der Waals surface area (Å²) < 4.78 is 26.8. The van der Waals surface area contributed by atoms with Gasteiger partial charge >= 0.3 is 5.97 Å². The van der Waals surface area contributed by atoms with E-state index in [1.165, 1.54) is 6.07 Å². The van der Waals surface area contributed by atoms with Crippen LogP contribution in [0.15, 0.2) is 30.3 Å². The zero-order valence-corrected chi connectivity index (χ0v) is 21.9. The molecule has 6 nitrogen and oxygen atoms in total. The molecule has 0 radical (unpaired) electrons. The number of carboxylic acids is 1. The van der Waals surface area contributed by atoms with Crippen LogP contribution < -0.4 is 5.32 Å². The van der Waals surface area contributed by atoms with Crippen LogP contribution in [0.25, 0.3) is 0 Å². The van der Waals surface area contributed by atoms with Crippen LogP contribution in [0.5, 0.6) is 0 Å². The maximum Gasteiger partial charge on any atom is 0.336 e. The molecule has 3 aliphatic rings. The monoisotopic (exact) mass is 524 g/mol. The topological polar surface area (TPSA) is 86.7 Å². The van der Waals surface area contributed by atoms with Crippen LogP contribution in [-0.4, -0.2) is 46.9 Å². The number of nitrogens with zero attached hydrogens (tertiary/aromatic N) is 1. The van der Waals surface area contributed by atoms with Crippen LogP contribution in [0.1, 0.15) is 88.3 Å². The van der Waals surface area contributed by atoms with Gasteiger partial charge in [-0.1, -0.05) is 6.07 Å². The number of carbonyl (C=O) groups is 3. The Morgan fingerprint density at radius 1 is 0.947 bits per heavy atom. The van der Waals surface area contributed by atoms with Crippen LogP contribution in [0.3, 0.4) is 0 Å². The van der Waals surface area contributed by atoms with Crippen LogP contribution in [0.2, 0.25) is 0 Å². The van der Waals surface area contributed by atoms with Gasteiger partial charge in [0.15, 0.2) is 11.6 Å². The second-order valence-electron chi connectivity index (χ2n) is 11.5. The van der Waals surface area contributed by atoms with Crippen LogP contribution in [0, 0.1) is 36.8 Å². The third-order valence-corrected chi connectivity index (χ3v) is 9.01. The molecule has 2 saturated carbocycles. The van der Waals surface area contributed by atoms with Gasteiger partial charge in [-0.25, -0.2) is 13.6 Å². The summed E-state index contributed by atoms with van der Waals surface area (Å²) in [5.41, 5.74) is 2.77. The van der Waals surface area contributed by atoms with Crippen molar-refractivity contribution in [3.63, 3.8) is 0 Å². The van der Waals surface area contributed by atoms with Gasteiger partial charge < -0.3 is 15.3 Å². The lowest BCUT2D eigenvalue weighted by atomic mass is 9.67. The number of benzene rings is 2. The molecule has 3 fully saturated rings. The van der Waals surface area contributed by atoms with Gasteiger partial charge in [-0.05, 0) is 111 Å². The number of aromatic carboxylic acids is 1. The minimum Gasteiger partial charge on any atom is -0.478 e. The quantitative estimate of drug-likeness (QED) is 0.551. The first kappa shape index (κ1) is 26.3. The van der Waals surface area contributed by atoms with E-state index in [0.29, 0.717) is 41.8 Å². The highest BCUT2D eigenvalue weighted by atomic mass is 19.2. The number of rotatable bonds is 5. The highest BCUT2D eigenvalue weighted by Crippen LogP contribution is 2.50. The molecular weight excluding hydrogens is 490 g/mol. The van der Waals surface area contributed by atoms with Crippen LogP contribution in [0.4, 0.5) is 8.78 Å². The smallest absolute Gasteiger partial charge is 0.336 e. The summed E-state index contributed by atoms with van der Waals surface area (Å²) in [6, 6.07) is 7.27. The molecule has 2 unspecified atom stereocenters. The molecule has 1 saturated heterocycles. The number of hydrogen-bond acceptors (Lipinski definition) is 3. The molecule has 8 heteroatoms. The Morgan fingerprint density at radius 2 is 1.58 bits per heavy atom. The van der Waals surface area contributed by atoms with Gasteiger partial charge in [0.05, 0.1) is 5.56 Å². The minimum absolute atomic E-state index is 0.0274. The third kappa shape index (κ3) is 5.18. The predicted molar refractivity (Wildman–Crippen MR) is 138 cm³/mol. The van der Waals surface area contributed by atoms with Gasteiger partial charge in [0.1, 0.15) is 0 Å². The fourth-order valence-electron chi connectivity index (χ4n) is 6.59. The van der Waals surface area contributed by atoms with Gasteiger partial charge in [-0.2, -0.15) is 0 Å². The lowest BCUT2D eigenvalue weighted by Gasteiger charge is -2.46. The van der Waals surface area contributed by atoms with Gasteiger partial charge in [0, 0.05) is 30.6 Å². The first-order chi connectivity index (χ1) is 18.1. The summed E-state index contributed by atoms with van der Waals surface area (Å²) in [6.07, 6.45) is 6.32. The standard InChI is InChI=1S/C30H34F2N2O4/c1-17-13-20(14-18(2)26(17)29(37)38)27(35)33-21-5-7-30(8-6-21)9-11-34(12-10-30)28(36)23-16-22(23)19-3-4-24(31)25(32)15-19/h3-4,13-15,21-23H,5-12,16H2,1-2H3,(H,33,35)(H,37,38). The highest BCUT2D eigenvalue weighted by molar-refractivity contribution is 5.98. The van der Waals surface area contributed by atoms with Gasteiger partial charge in [0.25, 0.3) is 5.91 Å². The lowest BCUT2D eigenvalue weighted by Crippen LogP contribution is -2.47. The van der Waals surface area contributed by atoms with E-state index in [0.717, 1.165) is 44.6 Å². The molecule has 2 atom stereocenters.